The van der Waals surface area contributed by atoms with Crippen LogP contribution in [0, 0.1) is 5.41 Å². The van der Waals surface area contributed by atoms with E-state index in [0.29, 0.717) is 17.8 Å². The minimum Gasteiger partial charge on any atom is -0.388 e. The summed E-state index contributed by atoms with van der Waals surface area (Å²) in [6, 6.07) is 2.94. The van der Waals surface area contributed by atoms with E-state index in [2.05, 4.69) is 37.2 Å². The normalized spacial score (nSPS) is 10.6. The Morgan fingerprint density at radius 1 is 0.923 bits per heavy atom. The van der Waals surface area contributed by atoms with Crippen LogP contribution in [0.2, 0.25) is 0 Å². The molecule has 206 valence electrons. The van der Waals surface area contributed by atoms with E-state index in [4.69, 9.17) is 11.1 Å². The molecule has 0 atom stereocenters. The van der Waals surface area contributed by atoms with Gasteiger partial charge in [-0.15, -0.1) is 0 Å². The van der Waals surface area contributed by atoms with Gasteiger partial charge in [-0.3, -0.25) is 29.4 Å². The van der Waals surface area contributed by atoms with Crippen LogP contribution in [-0.4, -0.2) is 61.3 Å². The predicted octanol–water partition coefficient (Wildman–Crippen LogP) is 1.41. The predicted molar refractivity (Wildman–Crippen MR) is 149 cm³/mol. The number of hydrogen-bond donors (Lipinski definition) is 6. The summed E-state index contributed by atoms with van der Waals surface area (Å²) >= 11 is 3.13. The number of carbonyl (C=O) groups is 5. The number of nitrogens with two attached hydrogens (primary N) is 1. The van der Waals surface area contributed by atoms with Crippen molar-refractivity contribution in [3.8, 4) is 0 Å². The zero-order valence-electron chi connectivity index (χ0n) is 21.4. The van der Waals surface area contributed by atoms with Crippen LogP contribution < -0.4 is 27.0 Å². The molecule has 0 spiro atoms. The minimum atomic E-state index is -0.632. The van der Waals surface area contributed by atoms with E-state index in [9.17, 15) is 24.0 Å². The van der Waals surface area contributed by atoms with Gasteiger partial charge in [-0.25, -0.2) is 0 Å². The lowest BCUT2D eigenvalue weighted by Gasteiger charge is -2.09. The van der Waals surface area contributed by atoms with E-state index in [1.807, 2.05) is 0 Å². The molecule has 4 amide bonds. The van der Waals surface area contributed by atoms with Crippen LogP contribution >= 0.6 is 15.9 Å². The molecule has 0 bridgehead atoms. The fraction of sp³-hybridized carbons (Fsp3) is 0.250. The average Bonchev–Trinajstić information content (AvgIpc) is 3.52. The van der Waals surface area contributed by atoms with Gasteiger partial charge in [0.15, 0.2) is 5.78 Å². The molecule has 0 aliphatic rings. The lowest BCUT2D eigenvalue weighted by Crippen LogP contribution is -2.28. The number of amidine groups is 1. The number of halogens is 1. The molecule has 0 saturated carbocycles. The van der Waals surface area contributed by atoms with Crippen molar-refractivity contribution in [1.29, 1.82) is 5.41 Å². The molecule has 0 fully saturated rings. The molecule has 3 rings (SSSR count). The van der Waals surface area contributed by atoms with E-state index in [1.165, 1.54) is 38.2 Å². The maximum Gasteiger partial charge on any atom is 0.273 e. The summed E-state index contributed by atoms with van der Waals surface area (Å²) in [5, 5.41) is 17.6. The third-order valence-corrected chi connectivity index (χ3v) is 6.19. The fourth-order valence-electron chi connectivity index (χ4n) is 3.92. The molecule has 0 radical (unpaired) electrons. The molecule has 3 aromatic heterocycles. The molecular weight excluding hydrogens is 574 g/mol. The Labute approximate surface area is 231 Å². The highest BCUT2D eigenvalue weighted by Gasteiger charge is 2.27. The van der Waals surface area contributed by atoms with Gasteiger partial charge in [0.05, 0.1) is 33.8 Å². The van der Waals surface area contributed by atoms with Gasteiger partial charge in [0, 0.05) is 52.7 Å². The molecule has 7 N–H and O–H groups in total. The number of nitrogens with zero attached hydrogens (tertiary/aromatic N) is 3. The topological polar surface area (TPSA) is 198 Å². The number of carbonyl (C=O) groups excluding carboxylic acids is 5. The van der Waals surface area contributed by atoms with E-state index in [1.54, 1.807) is 27.3 Å². The largest absolute Gasteiger partial charge is 0.388 e. The Morgan fingerprint density at radius 3 is 2.15 bits per heavy atom. The number of aromatic nitrogens is 3. The number of anilines is 3. The zero-order valence-corrected chi connectivity index (χ0v) is 23.0. The van der Waals surface area contributed by atoms with Gasteiger partial charge >= 0.3 is 0 Å². The SMILES string of the molecule is Cn1cc(NC(=O)c2c(C(=O)CBr)c(NC(=O)c3cc(NC=O)cn3C)cn2C)cc1C(=O)NCCC(=N)N. The van der Waals surface area contributed by atoms with Crippen LogP contribution in [0.1, 0.15) is 48.2 Å². The molecule has 3 heterocycles. The molecule has 39 heavy (non-hydrogen) atoms. The van der Waals surface area contributed by atoms with Gasteiger partial charge in [0.25, 0.3) is 17.7 Å². The molecule has 14 nitrogen and oxygen atoms in total. The summed E-state index contributed by atoms with van der Waals surface area (Å²) in [4.78, 5) is 62.3. The number of rotatable bonds is 12. The van der Waals surface area contributed by atoms with Crippen molar-refractivity contribution in [2.75, 3.05) is 27.8 Å². The van der Waals surface area contributed by atoms with Crippen molar-refractivity contribution in [2.24, 2.45) is 26.9 Å². The first-order chi connectivity index (χ1) is 18.5. The second-order valence-corrected chi connectivity index (χ2v) is 9.15. The van der Waals surface area contributed by atoms with Gasteiger partial charge in [-0.05, 0) is 12.1 Å². The molecule has 0 saturated heterocycles. The molecular formula is C24H28BrN9O5. The summed E-state index contributed by atoms with van der Waals surface area (Å²) in [6.07, 6.45) is 5.24. The van der Waals surface area contributed by atoms with Crippen LogP contribution in [0.25, 0.3) is 0 Å². The Bertz CT molecular complexity index is 1470. The number of amides is 4. The van der Waals surface area contributed by atoms with E-state index >= 15 is 0 Å². The van der Waals surface area contributed by atoms with Gasteiger partial charge in [-0.2, -0.15) is 0 Å². The molecule has 3 aromatic rings. The van der Waals surface area contributed by atoms with Crippen molar-refractivity contribution in [3.63, 3.8) is 0 Å². The van der Waals surface area contributed by atoms with Crippen molar-refractivity contribution >= 4 is 68.7 Å². The maximum absolute atomic E-state index is 13.3. The van der Waals surface area contributed by atoms with Crippen LogP contribution in [0.4, 0.5) is 17.1 Å². The van der Waals surface area contributed by atoms with Crippen molar-refractivity contribution in [2.45, 2.75) is 6.42 Å². The van der Waals surface area contributed by atoms with Crippen molar-refractivity contribution in [1.82, 2.24) is 19.0 Å². The average molecular weight is 602 g/mol. The monoisotopic (exact) mass is 601 g/mol. The number of aryl methyl sites for hydroxylation is 3. The second kappa shape index (κ2) is 12.3. The Balaban J connectivity index is 1.86. The third kappa shape index (κ3) is 6.62. The van der Waals surface area contributed by atoms with E-state index in [0.717, 1.165) is 0 Å². The summed E-state index contributed by atoms with van der Waals surface area (Å²) in [7, 11) is 4.81. The van der Waals surface area contributed by atoms with Crippen LogP contribution in [0.5, 0.6) is 0 Å². The first-order valence-corrected chi connectivity index (χ1v) is 12.6. The highest BCUT2D eigenvalue weighted by molar-refractivity contribution is 9.09. The Hall–Kier alpha value is -4.66. The van der Waals surface area contributed by atoms with Crippen LogP contribution in [0.3, 0.4) is 0 Å². The second-order valence-electron chi connectivity index (χ2n) is 8.59. The molecule has 0 unspecified atom stereocenters. The van der Waals surface area contributed by atoms with Gasteiger partial charge in [-0.1, -0.05) is 15.9 Å². The fourth-order valence-corrected chi connectivity index (χ4v) is 4.20. The highest BCUT2D eigenvalue weighted by atomic mass is 79.9. The van der Waals surface area contributed by atoms with Gasteiger partial charge in [0.2, 0.25) is 6.41 Å². The Morgan fingerprint density at radius 2 is 1.54 bits per heavy atom. The van der Waals surface area contributed by atoms with Crippen LogP contribution in [0.15, 0.2) is 30.7 Å². The number of nitrogens with one attached hydrogen (secondary N) is 5. The quantitative estimate of drug-likeness (QED) is 0.0595. The highest BCUT2D eigenvalue weighted by Crippen LogP contribution is 2.26. The molecule has 0 aliphatic heterocycles. The summed E-state index contributed by atoms with van der Waals surface area (Å²) in [5.41, 5.74) is 6.63. The number of hydrogen-bond acceptors (Lipinski definition) is 6. The van der Waals surface area contributed by atoms with Crippen LogP contribution in [-0.2, 0) is 25.9 Å². The standard InChI is InChI=1S/C24H28BrN9O5/c1-32-9-13(29-12-35)6-17(32)23(38)31-15-11-34(3)21(20(15)18(36)8-25)24(39)30-14-7-16(33(2)10-14)22(37)28-5-4-19(26)27/h6-7,9-12H,4-5,8H2,1-3H3,(H3,26,27)(H,28,37)(H,29,35)(H,30,39)(H,31,38). The smallest absolute Gasteiger partial charge is 0.273 e. The van der Waals surface area contributed by atoms with Crippen molar-refractivity contribution in [3.05, 3.63) is 53.4 Å². The summed E-state index contributed by atoms with van der Waals surface area (Å²) in [6.45, 7) is 0.189. The third-order valence-electron chi connectivity index (χ3n) is 5.68. The lowest BCUT2D eigenvalue weighted by atomic mass is 10.1. The van der Waals surface area contributed by atoms with E-state index < -0.39 is 23.5 Å². The zero-order chi connectivity index (χ0) is 28.9. The molecule has 0 aromatic carbocycles. The van der Waals surface area contributed by atoms with Gasteiger partial charge in [0.1, 0.15) is 17.1 Å². The number of ketones is 1. The first-order valence-electron chi connectivity index (χ1n) is 11.5. The summed E-state index contributed by atoms with van der Waals surface area (Å²) < 4.78 is 4.45. The minimum absolute atomic E-state index is 0.00111. The number of Topliss-reactive ketones (excluding diaryl/α,β-unsaturated/α-hetero) is 1. The summed E-state index contributed by atoms with van der Waals surface area (Å²) in [5.74, 6) is -2.09. The lowest BCUT2D eigenvalue weighted by molar-refractivity contribution is -0.105. The molecule has 0 aliphatic carbocycles. The molecule has 15 heteroatoms. The van der Waals surface area contributed by atoms with Crippen molar-refractivity contribution < 1.29 is 24.0 Å². The first kappa shape index (κ1) is 28.9. The number of alkyl halides is 1. The Kier molecular flexibility index (Phi) is 9.08. The maximum atomic E-state index is 13.3. The van der Waals surface area contributed by atoms with E-state index in [-0.39, 0.29) is 52.5 Å². The van der Waals surface area contributed by atoms with Gasteiger partial charge < -0.3 is 40.7 Å².